The van der Waals surface area contributed by atoms with E-state index in [1.807, 2.05) is 41.3 Å². The molecule has 0 saturated carbocycles. The predicted octanol–water partition coefficient (Wildman–Crippen LogP) is 2.31. The molecule has 2 amide bonds. The lowest BCUT2D eigenvalue weighted by Crippen LogP contribution is -2.37. The maximum Gasteiger partial charge on any atom is 0.323 e. The van der Waals surface area contributed by atoms with Crippen molar-refractivity contribution >= 4 is 11.8 Å². The molecule has 23 heavy (non-hydrogen) atoms. The van der Waals surface area contributed by atoms with Gasteiger partial charge in [0.1, 0.15) is 0 Å². The van der Waals surface area contributed by atoms with Crippen LogP contribution in [0.4, 0.5) is 10.6 Å². The molecule has 3 rings (SSSR count). The Balaban J connectivity index is 1.63. The minimum atomic E-state index is -0.109. The number of anilines is 1. The second kappa shape index (κ2) is 7.19. The van der Waals surface area contributed by atoms with Gasteiger partial charge in [-0.05, 0) is 32.1 Å². The van der Waals surface area contributed by atoms with Crippen LogP contribution >= 0.6 is 0 Å². The summed E-state index contributed by atoms with van der Waals surface area (Å²) in [4.78, 5) is 16.4. The molecule has 0 radical (unpaired) electrons. The van der Waals surface area contributed by atoms with Crippen molar-refractivity contribution in [3.05, 3.63) is 42.5 Å². The molecule has 0 unspecified atom stereocenters. The van der Waals surface area contributed by atoms with E-state index in [9.17, 15) is 4.79 Å². The van der Waals surface area contributed by atoms with Crippen LogP contribution in [0.1, 0.15) is 6.42 Å². The Morgan fingerprint density at radius 3 is 2.57 bits per heavy atom. The third kappa shape index (κ3) is 4.04. The average molecular weight is 311 g/mol. The van der Waals surface area contributed by atoms with Crippen molar-refractivity contribution in [1.82, 2.24) is 20.0 Å². The number of carbonyl (C=O) groups is 1. The zero-order chi connectivity index (χ0) is 16.1. The highest BCUT2D eigenvalue weighted by Gasteiger charge is 2.17. The van der Waals surface area contributed by atoms with Gasteiger partial charge in [0, 0.05) is 25.2 Å². The zero-order valence-corrected chi connectivity index (χ0v) is 13.3. The van der Waals surface area contributed by atoms with Crippen molar-refractivity contribution in [2.45, 2.75) is 6.42 Å². The van der Waals surface area contributed by atoms with Gasteiger partial charge in [-0.15, -0.1) is 10.2 Å². The Kier molecular flexibility index (Phi) is 4.83. The highest BCUT2D eigenvalue weighted by molar-refractivity contribution is 5.88. The third-order valence-corrected chi connectivity index (χ3v) is 3.98. The van der Waals surface area contributed by atoms with E-state index in [1.165, 1.54) is 0 Å². The SMILES string of the molecule is CN1CCCN(C(=O)Nc2ccc(-c3ccccc3)nn2)CC1. The molecule has 0 atom stereocenters. The van der Waals surface area contributed by atoms with Crippen molar-refractivity contribution in [3.8, 4) is 11.3 Å². The Bertz CT molecular complexity index is 644. The number of rotatable bonds is 2. The van der Waals surface area contributed by atoms with Crippen LogP contribution in [0.25, 0.3) is 11.3 Å². The van der Waals surface area contributed by atoms with Gasteiger partial charge in [0.25, 0.3) is 0 Å². The first kappa shape index (κ1) is 15.4. The topological polar surface area (TPSA) is 61.4 Å². The van der Waals surface area contributed by atoms with E-state index in [4.69, 9.17) is 0 Å². The summed E-state index contributed by atoms with van der Waals surface area (Å²) in [6.45, 7) is 3.42. The van der Waals surface area contributed by atoms with Crippen LogP contribution in [0.15, 0.2) is 42.5 Å². The normalized spacial score (nSPS) is 16.0. The monoisotopic (exact) mass is 311 g/mol. The smallest absolute Gasteiger partial charge is 0.323 e. The average Bonchev–Trinajstić information content (AvgIpc) is 2.81. The molecule has 1 fully saturated rings. The Labute approximate surface area is 136 Å². The van der Waals surface area contributed by atoms with Crippen LogP contribution in [-0.2, 0) is 0 Å². The molecule has 1 aliphatic heterocycles. The van der Waals surface area contributed by atoms with Crippen molar-refractivity contribution < 1.29 is 4.79 Å². The molecule has 0 aliphatic carbocycles. The van der Waals surface area contributed by atoms with Gasteiger partial charge in [-0.25, -0.2) is 4.79 Å². The number of urea groups is 1. The van der Waals surface area contributed by atoms with E-state index >= 15 is 0 Å². The summed E-state index contributed by atoms with van der Waals surface area (Å²) >= 11 is 0. The molecular formula is C17H21N5O. The largest absolute Gasteiger partial charge is 0.323 e. The van der Waals surface area contributed by atoms with Gasteiger partial charge in [-0.2, -0.15) is 0 Å². The summed E-state index contributed by atoms with van der Waals surface area (Å²) < 4.78 is 0. The summed E-state index contributed by atoms with van der Waals surface area (Å²) in [5.74, 6) is 0.479. The van der Waals surface area contributed by atoms with Gasteiger partial charge >= 0.3 is 6.03 Å². The second-order valence-electron chi connectivity index (χ2n) is 5.74. The maximum absolute atomic E-state index is 12.3. The minimum Gasteiger partial charge on any atom is -0.323 e. The summed E-state index contributed by atoms with van der Waals surface area (Å²) in [5, 5.41) is 11.1. The van der Waals surface area contributed by atoms with Crippen LogP contribution in [0, 0.1) is 0 Å². The van der Waals surface area contributed by atoms with Crippen LogP contribution in [0.3, 0.4) is 0 Å². The number of nitrogens with one attached hydrogen (secondary N) is 1. The van der Waals surface area contributed by atoms with E-state index in [2.05, 4.69) is 27.5 Å². The van der Waals surface area contributed by atoms with E-state index in [0.717, 1.165) is 43.9 Å². The van der Waals surface area contributed by atoms with E-state index in [0.29, 0.717) is 5.82 Å². The van der Waals surface area contributed by atoms with E-state index in [-0.39, 0.29) is 6.03 Å². The molecule has 1 aliphatic rings. The zero-order valence-electron chi connectivity index (χ0n) is 13.3. The van der Waals surface area contributed by atoms with Gasteiger partial charge in [0.2, 0.25) is 0 Å². The molecule has 6 heteroatoms. The molecule has 0 bridgehead atoms. The highest BCUT2D eigenvalue weighted by Crippen LogP contribution is 2.16. The van der Waals surface area contributed by atoms with Crippen LogP contribution in [-0.4, -0.2) is 59.3 Å². The molecule has 2 heterocycles. The molecule has 1 aromatic carbocycles. The molecular weight excluding hydrogens is 290 g/mol. The van der Waals surface area contributed by atoms with Crippen molar-refractivity contribution in [2.24, 2.45) is 0 Å². The van der Waals surface area contributed by atoms with Crippen molar-refractivity contribution in [3.63, 3.8) is 0 Å². The number of amides is 2. The fourth-order valence-electron chi connectivity index (χ4n) is 2.60. The van der Waals surface area contributed by atoms with E-state index < -0.39 is 0 Å². The number of carbonyl (C=O) groups excluding carboxylic acids is 1. The van der Waals surface area contributed by atoms with Gasteiger partial charge in [0.15, 0.2) is 5.82 Å². The lowest BCUT2D eigenvalue weighted by atomic mass is 10.1. The van der Waals surface area contributed by atoms with Gasteiger partial charge < -0.3 is 9.80 Å². The first-order valence-corrected chi connectivity index (χ1v) is 7.86. The number of aromatic nitrogens is 2. The van der Waals surface area contributed by atoms with Gasteiger partial charge in [-0.1, -0.05) is 30.3 Å². The van der Waals surface area contributed by atoms with Crippen molar-refractivity contribution in [2.75, 3.05) is 38.5 Å². The Morgan fingerprint density at radius 1 is 1.00 bits per heavy atom. The van der Waals surface area contributed by atoms with Crippen molar-refractivity contribution in [1.29, 1.82) is 0 Å². The predicted molar refractivity (Wildman–Crippen MR) is 90.2 cm³/mol. The number of nitrogens with zero attached hydrogens (tertiary/aromatic N) is 4. The molecule has 1 N–H and O–H groups in total. The molecule has 2 aromatic rings. The van der Waals surface area contributed by atoms with Gasteiger partial charge in [-0.3, -0.25) is 5.32 Å². The summed E-state index contributed by atoms with van der Waals surface area (Å²) in [5.41, 5.74) is 1.80. The molecule has 120 valence electrons. The number of hydrogen-bond donors (Lipinski definition) is 1. The number of hydrogen-bond acceptors (Lipinski definition) is 4. The molecule has 0 spiro atoms. The second-order valence-corrected chi connectivity index (χ2v) is 5.74. The molecule has 1 saturated heterocycles. The molecule has 6 nitrogen and oxygen atoms in total. The fourth-order valence-corrected chi connectivity index (χ4v) is 2.60. The van der Waals surface area contributed by atoms with Crippen LogP contribution in [0.2, 0.25) is 0 Å². The quantitative estimate of drug-likeness (QED) is 0.924. The van der Waals surface area contributed by atoms with E-state index in [1.54, 1.807) is 6.07 Å². The lowest BCUT2D eigenvalue weighted by Gasteiger charge is -2.20. The minimum absolute atomic E-state index is 0.109. The molecule has 1 aromatic heterocycles. The maximum atomic E-state index is 12.3. The number of benzene rings is 1. The Hall–Kier alpha value is -2.47. The third-order valence-electron chi connectivity index (χ3n) is 3.98. The summed E-state index contributed by atoms with van der Waals surface area (Å²) in [7, 11) is 2.08. The van der Waals surface area contributed by atoms with Crippen LogP contribution in [0.5, 0.6) is 0 Å². The first-order valence-electron chi connectivity index (χ1n) is 7.86. The van der Waals surface area contributed by atoms with Gasteiger partial charge in [0.05, 0.1) is 5.69 Å². The highest BCUT2D eigenvalue weighted by atomic mass is 16.2. The lowest BCUT2D eigenvalue weighted by molar-refractivity contribution is 0.213. The standard InChI is InChI=1S/C17H21N5O/c1-21-10-5-11-22(13-12-21)17(23)18-16-9-8-15(19-20-16)14-6-3-2-4-7-14/h2-4,6-9H,5,10-13H2,1H3,(H,18,20,23). The fraction of sp³-hybridized carbons (Fsp3) is 0.353. The number of likely N-dealkylation sites (N-methyl/N-ethyl adjacent to an activating group) is 1. The Morgan fingerprint density at radius 2 is 1.83 bits per heavy atom. The summed E-state index contributed by atoms with van der Waals surface area (Å²) in [6.07, 6.45) is 0.989. The summed E-state index contributed by atoms with van der Waals surface area (Å²) in [6, 6.07) is 13.4. The first-order chi connectivity index (χ1) is 11.2. The van der Waals surface area contributed by atoms with Crippen LogP contribution < -0.4 is 5.32 Å².